The van der Waals surface area contributed by atoms with Crippen LogP contribution >= 0.6 is 0 Å². The number of hydrogen-bond donors (Lipinski definition) is 1. The minimum atomic E-state index is -0.00935. The molecule has 1 aromatic rings. The second-order valence-corrected chi connectivity index (χ2v) is 4.74. The van der Waals surface area contributed by atoms with Gasteiger partial charge in [-0.05, 0) is 12.3 Å². The van der Waals surface area contributed by atoms with E-state index in [1.165, 1.54) is 38.1 Å². The van der Waals surface area contributed by atoms with Crippen molar-refractivity contribution in [3.8, 4) is 0 Å². The van der Waals surface area contributed by atoms with Crippen LogP contribution in [0.1, 0.15) is 39.0 Å². The molecule has 5 nitrogen and oxygen atoms in total. The molecule has 1 heterocycles. The molecule has 1 N–H and O–H groups in total. The van der Waals surface area contributed by atoms with Crippen LogP contribution in [-0.2, 0) is 4.79 Å². The van der Waals surface area contributed by atoms with Gasteiger partial charge in [0.1, 0.15) is 0 Å². The summed E-state index contributed by atoms with van der Waals surface area (Å²) < 4.78 is 0. The van der Waals surface area contributed by atoms with Crippen LogP contribution in [0.5, 0.6) is 0 Å². The molecule has 1 atom stereocenters. The minimum Gasteiger partial charge on any atom is -0.293 e. The first-order valence-corrected chi connectivity index (χ1v) is 6.20. The van der Waals surface area contributed by atoms with Gasteiger partial charge in [-0.15, -0.1) is 5.10 Å². The molecule has 0 radical (unpaired) electrons. The van der Waals surface area contributed by atoms with Crippen molar-refractivity contribution < 1.29 is 4.79 Å². The maximum atomic E-state index is 11.9. The Morgan fingerprint density at radius 2 is 2.24 bits per heavy atom. The maximum Gasteiger partial charge on any atom is 0.249 e. The third-order valence-corrected chi connectivity index (χ3v) is 3.33. The Labute approximate surface area is 101 Å². The number of hydrogen-bond acceptors (Lipinski definition) is 4. The number of aromatic nitrogens is 3. The predicted octanol–water partition coefficient (Wildman–Crippen LogP) is 2.03. The summed E-state index contributed by atoms with van der Waals surface area (Å²) in [6.07, 6.45) is 9.12. The molecule has 0 saturated heterocycles. The molecule has 5 heteroatoms. The second kappa shape index (κ2) is 5.70. The predicted molar refractivity (Wildman–Crippen MR) is 64.2 cm³/mol. The van der Waals surface area contributed by atoms with Crippen LogP contribution in [0.3, 0.4) is 0 Å². The summed E-state index contributed by atoms with van der Waals surface area (Å²) in [6, 6.07) is 0. The first kappa shape index (κ1) is 12.0. The van der Waals surface area contributed by atoms with Crippen LogP contribution in [0, 0.1) is 11.8 Å². The molecule has 0 aliphatic heterocycles. The summed E-state index contributed by atoms with van der Waals surface area (Å²) in [5, 5.41) is 10.1. The number of nitrogens with one attached hydrogen (secondary N) is 1. The van der Waals surface area contributed by atoms with Crippen molar-refractivity contribution >= 4 is 11.9 Å². The van der Waals surface area contributed by atoms with Gasteiger partial charge < -0.3 is 0 Å². The van der Waals surface area contributed by atoms with Gasteiger partial charge in [0.05, 0.1) is 12.4 Å². The average Bonchev–Trinajstić information content (AvgIpc) is 2.83. The standard InChI is InChI=1S/C12H18N4O/c1-9(8-10-4-2-3-5-10)11(17)15-12-13-6-7-14-16-12/h6-7,9-10H,2-5,8H2,1H3,(H,13,15,16,17). The van der Waals surface area contributed by atoms with Gasteiger partial charge in [0.2, 0.25) is 11.9 Å². The van der Waals surface area contributed by atoms with E-state index in [9.17, 15) is 4.79 Å². The molecular weight excluding hydrogens is 216 g/mol. The highest BCUT2D eigenvalue weighted by Gasteiger charge is 2.22. The Morgan fingerprint density at radius 3 is 2.88 bits per heavy atom. The fraction of sp³-hybridized carbons (Fsp3) is 0.667. The zero-order valence-electron chi connectivity index (χ0n) is 10.1. The van der Waals surface area contributed by atoms with Crippen LogP contribution in [0.15, 0.2) is 12.4 Å². The molecule has 2 rings (SSSR count). The van der Waals surface area contributed by atoms with Gasteiger partial charge >= 0.3 is 0 Å². The van der Waals surface area contributed by atoms with Gasteiger partial charge in [0.25, 0.3) is 0 Å². The van der Waals surface area contributed by atoms with Gasteiger partial charge in [0, 0.05) is 5.92 Å². The van der Waals surface area contributed by atoms with Crippen molar-refractivity contribution in [2.75, 3.05) is 5.32 Å². The number of anilines is 1. The summed E-state index contributed by atoms with van der Waals surface area (Å²) in [6.45, 7) is 1.96. The molecule has 0 aromatic carbocycles. The molecule has 1 aliphatic rings. The fourth-order valence-electron chi connectivity index (χ4n) is 2.39. The van der Waals surface area contributed by atoms with E-state index in [4.69, 9.17) is 0 Å². The average molecular weight is 234 g/mol. The van der Waals surface area contributed by atoms with Gasteiger partial charge in [0.15, 0.2) is 0 Å². The number of nitrogens with zero attached hydrogens (tertiary/aromatic N) is 3. The Morgan fingerprint density at radius 1 is 1.47 bits per heavy atom. The highest BCUT2D eigenvalue weighted by atomic mass is 16.2. The van der Waals surface area contributed by atoms with E-state index in [1.54, 1.807) is 0 Å². The molecule has 1 aromatic heterocycles. The molecule has 1 saturated carbocycles. The number of amides is 1. The van der Waals surface area contributed by atoms with Crippen molar-refractivity contribution in [3.63, 3.8) is 0 Å². The lowest BCUT2D eigenvalue weighted by atomic mass is 9.94. The smallest absolute Gasteiger partial charge is 0.249 e. The van der Waals surface area contributed by atoms with E-state index in [0.29, 0.717) is 5.92 Å². The number of carbonyl (C=O) groups excluding carboxylic acids is 1. The van der Waals surface area contributed by atoms with Crippen LogP contribution < -0.4 is 5.32 Å². The minimum absolute atomic E-state index is 0.00935. The molecule has 0 bridgehead atoms. The highest BCUT2D eigenvalue weighted by molar-refractivity contribution is 5.90. The molecule has 17 heavy (non-hydrogen) atoms. The highest BCUT2D eigenvalue weighted by Crippen LogP contribution is 2.30. The first-order chi connectivity index (χ1) is 8.25. The molecule has 0 spiro atoms. The van der Waals surface area contributed by atoms with Crippen LogP contribution in [-0.4, -0.2) is 21.1 Å². The van der Waals surface area contributed by atoms with Gasteiger partial charge in [-0.25, -0.2) is 4.98 Å². The second-order valence-electron chi connectivity index (χ2n) is 4.74. The van der Waals surface area contributed by atoms with Crippen molar-refractivity contribution in [2.45, 2.75) is 39.0 Å². The Hall–Kier alpha value is -1.52. The lowest BCUT2D eigenvalue weighted by Gasteiger charge is -2.15. The summed E-state index contributed by atoms with van der Waals surface area (Å²) in [7, 11) is 0. The lowest BCUT2D eigenvalue weighted by molar-refractivity contribution is -0.119. The van der Waals surface area contributed by atoms with Crippen LogP contribution in [0.25, 0.3) is 0 Å². The topological polar surface area (TPSA) is 67.8 Å². The van der Waals surface area contributed by atoms with Gasteiger partial charge in [-0.3, -0.25) is 10.1 Å². The normalized spacial score (nSPS) is 17.9. The fourth-order valence-corrected chi connectivity index (χ4v) is 2.39. The lowest BCUT2D eigenvalue weighted by Crippen LogP contribution is -2.23. The Balaban J connectivity index is 1.82. The third kappa shape index (κ3) is 3.47. The van der Waals surface area contributed by atoms with E-state index < -0.39 is 0 Å². The third-order valence-electron chi connectivity index (χ3n) is 3.33. The van der Waals surface area contributed by atoms with Gasteiger partial charge in [-0.2, -0.15) is 5.10 Å². The number of rotatable bonds is 4. The molecule has 1 unspecified atom stereocenters. The number of carbonyl (C=O) groups is 1. The maximum absolute atomic E-state index is 11.9. The van der Waals surface area contributed by atoms with Crippen molar-refractivity contribution in [1.82, 2.24) is 15.2 Å². The monoisotopic (exact) mass is 234 g/mol. The zero-order chi connectivity index (χ0) is 12.1. The van der Waals surface area contributed by atoms with E-state index in [-0.39, 0.29) is 17.8 Å². The summed E-state index contributed by atoms with van der Waals surface area (Å²) >= 11 is 0. The molecular formula is C12H18N4O. The largest absolute Gasteiger partial charge is 0.293 e. The summed E-state index contributed by atoms with van der Waals surface area (Å²) in [5.41, 5.74) is 0. The van der Waals surface area contributed by atoms with Crippen molar-refractivity contribution in [3.05, 3.63) is 12.4 Å². The molecule has 1 aliphatic carbocycles. The first-order valence-electron chi connectivity index (χ1n) is 6.20. The van der Waals surface area contributed by atoms with Crippen LogP contribution in [0.4, 0.5) is 5.95 Å². The molecule has 1 fully saturated rings. The Bertz CT molecular complexity index is 362. The van der Waals surface area contributed by atoms with Crippen LogP contribution in [0.2, 0.25) is 0 Å². The van der Waals surface area contributed by atoms with E-state index >= 15 is 0 Å². The molecule has 1 amide bonds. The van der Waals surface area contributed by atoms with Crippen molar-refractivity contribution in [1.29, 1.82) is 0 Å². The van der Waals surface area contributed by atoms with E-state index in [0.717, 1.165) is 6.42 Å². The van der Waals surface area contributed by atoms with Crippen molar-refractivity contribution in [2.24, 2.45) is 11.8 Å². The van der Waals surface area contributed by atoms with E-state index in [1.807, 2.05) is 6.92 Å². The molecule has 92 valence electrons. The Kier molecular flexibility index (Phi) is 4.01. The van der Waals surface area contributed by atoms with E-state index in [2.05, 4.69) is 20.5 Å². The SMILES string of the molecule is CC(CC1CCCC1)C(=O)Nc1nccnn1. The zero-order valence-corrected chi connectivity index (χ0v) is 10.1. The van der Waals surface area contributed by atoms with Gasteiger partial charge in [-0.1, -0.05) is 32.6 Å². The summed E-state index contributed by atoms with van der Waals surface area (Å²) in [4.78, 5) is 15.8. The summed E-state index contributed by atoms with van der Waals surface area (Å²) in [5.74, 6) is 1.01. The quantitative estimate of drug-likeness (QED) is 0.865.